The molecular formula is C19H29Cl2N3O3. The minimum atomic E-state index is -0.177. The van der Waals surface area contributed by atoms with Gasteiger partial charge < -0.3 is 20.7 Å². The Morgan fingerprint density at radius 2 is 1.93 bits per heavy atom. The number of amides is 2. The highest BCUT2D eigenvalue weighted by atomic mass is 35.5. The van der Waals surface area contributed by atoms with Crippen molar-refractivity contribution in [2.45, 2.75) is 39.0 Å². The highest BCUT2D eigenvalue weighted by molar-refractivity contribution is 6.31. The monoisotopic (exact) mass is 417 g/mol. The van der Waals surface area contributed by atoms with Crippen molar-refractivity contribution in [1.29, 1.82) is 0 Å². The van der Waals surface area contributed by atoms with Crippen molar-refractivity contribution in [3.05, 3.63) is 22.7 Å². The van der Waals surface area contributed by atoms with Gasteiger partial charge in [-0.05, 0) is 56.8 Å². The van der Waals surface area contributed by atoms with E-state index in [1.54, 1.807) is 12.1 Å². The van der Waals surface area contributed by atoms with Crippen molar-refractivity contribution >= 4 is 41.5 Å². The van der Waals surface area contributed by atoms with Gasteiger partial charge >= 0.3 is 0 Å². The van der Waals surface area contributed by atoms with Crippen molar-refractivity contribution in [3.8, 4) is 5.75 Å². The number of carbonyl (C=O) groups is 2. The van der Waals surface area contributed by atoms with Gasteiger partial charge in [0.15, 0.2) is 0 Å². The number of rotatable bonds is 8. The fourth-order valence-electron chi connectivity index (χ4n) is 3.05. The number of hydrogen-bond donors (Lipinski definition) is 3. The first kappa shape index (κ1) is 23.5. The molecule has 152 valence electrons. The molecule has 0 radical (unpaired) electrons. The van der Waals surface area contributed by atoms with E-state index >= 15 is 0 Å². The number of benzene rings is 1. The summed E-state index contributed by atoms with van der Waals surface area (Å²) in [5.41, 5.74) is 1.44. The summed E-state index contributed by atoms with van der Waals surface area (Å²) in [6.45, 7) is 4.27. The molecule has 1 aliphatic heterocycles. The number of anilines is 1. The third-order valence-corrected chi connectivity index (χ3v) is 5.07. The summed E-state index contributed by atoms with van der Waals surface area (Å²) >= 11 is 6.06. The second kappa shape index (κ2) is 12.1. The van der Waals surface area contributed by atoms with Crippen molar-refractivity contribution in [3.63, 3.8) is 0 Å². The Balaban J connectivity index is 0.00000364. The van der Waals surface area contributed by atoms with Crippen LogP contribution in [-0.4, -0.2) is 38.6 Å². The van der Waals surface area contributed by atoms with Crippen LogP contribution in [0.15, 0.2) is 12.1 Å². The molecule has 2 rings (SSSR count). The zero-order chi connectivity index (χ0) is 18.9. The first-order chi connectivity index (χ1) is 12.5. The summed E-state index contributed by atoms with van der Waals surface area (Å²) in [7, 11) is 1.53. The Labute approximate surface area is 172 Å². The van der Waals surface area contributed by atoms with E-state index in [0.29, 0.717) is 35.3 Å². The molecule has 0 atom stereocenters. The Kier molecular flexibility index (Phi) is 10.5. The van der Waals surface area contributed by atoms with E-state index in [2.05, 4.69) is 16.0 Å². The van der Waals surface area contributed by atoms with Crippen LogP contribution >= 0.6 is 24.0 Å². The van der Waals surface area contributed by atoms with Crippen LogP contribution in [0.4, 0.5) is 5.69 Å². The normalized spacial score (nSPS) is 14.2. The predicted octanol–water partition coefficient (Wildman–Crippen LogP) is 3.30. The van der Waals surface area contributed by atoms with Gasteiger partial charge in [-0.3, -0.25) is 9.59 Å². The highest BCUT2D eigenvalue weighted by Crippen LogP contribution is 2.30. The Morgan fingerprint density at radius 1 is 1.22 bits per heavy atom. The zero-order valence-corrected chi connectivity index (χ0v) is 17.5. The lowest BCUT2D eigenvalue weighted by Gasteiger charge is -2.22. The van der Waals surface area contributed by atoms with Gasteiger partial charge in [-0.2, -0.15) is 0 Å². The van der Waals surface area contributed by atoms with Crippen molar-refractivity contribution in [1.82, 2.24) is 10.6 Å². The van der Waals surface area contributed by atoms with Gasteiger partial charge in [0.25, 0.3) is 0 Å². The lowest BCUT2D eigenvalue weighted by Crippen LogP contribution is -2.30. The average molecular weight is 418 g/mol. The zero-order valence-electron chi connectivity index (χ0n) is 15.9. The maximum Gasteiger partial charge on any atom is 0.226 e. The van der Waals surface area contributed by atoms with Crippen LogP contribution in [0.5, 0.6) is 5.75 Å². The maximum atomic E-state index is 12.1. The molecule has 1 aromatic rings. The third-order valence-electron chi connectivity index (χ3n) is 4.67. The minimum absolute atomic E-state index is 0. The van der Waals surface area contributed by atoms with Gasteiger partial charge in [-0.15, -0.1) is 12.4 Å². The van der Waals surface area contributed by atoms with E-state index in [1.807, 2.05) is 6.92 Å². The molecular weight excluding hydrogens is 389 g/mol. The molecule has 0 spiro atoms. The number of halogens is 2. The average Bonchev–Trinajstić information content (AvgIpc) is 2.63. The molecule has 1 aliphatic rings. The number of nitrogens with one attached hydrogen (secondary N) is 3. The van der Waals surface area contributed by atoms with E-state index in [4.69, 9.17) is 16.3 Å². The number of ether oxygens (including phenoxy) is 1. The van der Waals surface area contributed by atoms with E-state index in [9.17, 15) is 9.59 Å². The fraction of sp³-hybridized carbons (Fsp3) is 0.579. The lowest BCUT2D eigenvalue weighted by molar-refractivity contribution is -0.121. The predicted molar refractivity (Wildman–Crippen MR) is 111 cm³/mol. The van der Waals surface area contributed by atoms with E-state index in [-0.39, 0.29) is 30.6 Å². The number of piperidine rings is 1. The molecule has 2 amide bonds. The van der Waals surface area contributed by atoms with E-state index < -0.39 is 0 Å². The van der Waals surface area contributed by atoms with Crippen molar-refractivity contribution < 1.29 is 14.3 Å². The molecule has 27 heavy (non-hydrogen) atoms. The quantitative estimate of drug-likeness (QED) is 0.605. The second-order valence-electron chi connectivity index (χ2n) is 6.68. The van der Waals surface area contributed by atoms with Gasteiger partial charge in [-0.1, -0.05) is 11.6 Å². The molecule has 1 fully saturated rings. The van der Waals surface area contributed by atoms with Gasteiger partial charge in [0.05, 0.1) is 12.8 Å². The third kappa shape index (κ3) is 7.95. The first-order valence-electron chi connectivity index (χ1n) is 9.11. The molecule has 6 nitrogen and oxygen atoms in total. The smallest absolute Gasteiger partial charge is 0.226 e. The van der Waals surface area contributed by atoms with Gasteiger partial charge in [0.1, 0.15) is 5.75 Å². The maximum absolute atomic E-state index is 12.1. The van der Waals surface area contributed by atoms with Crippen LogP contribution in [-0.2, 0) is 9.59 Å². The second-order valence-corrected chi connectivity index (χ2v) is 7.09. The molecule has 0 bridgehead atoms. The molecule has 1 aromatic carbocycles. The molecule has 3 N–H and O–H groups in total. The minimum Gasteiger partial charge on any atom is -0.495 e. The largest absolute Gasteiger partial charge is 0.495 e. The summed E-state index contributed by atoms with van der Waals surface area (Å²) in [5.74, 6) is 0.978. The summed E-state index contributed by atoms with van der Waals surface area (Å²) in [4.78, 5) is 24.0. The summed E-state index contributed by atoms with van der Waals surface area (Å²) < 4.78 is 5.24. The highest BCUT2D eigenvalue weighted by Gasteiger charge is 2.15. The summed E-state index contributed by atoms with van der Waals surface area (Å²) in [6.07, 6.45) is 3.93. The SMILES string of the molecule is COc1cc(Cl)c(C)cc1NC(=O)CCNC(=O)CCC1CCNCC1.Cl. The summed E-state index contributed by atoms with van der Waals surface area (Å²) in [5, 5.41) is 9.53. The number of hydrogen-bond acceptors (Lipinski definition) is 4. The standard InChI is InChI=1S/C19H28ClN3O3.ClH/c1-13-11-16(17(26-2)12-15(13)20)23-19(25)7-10-22-18(24)4-3-14-5-8-21-9-6-14;/h11-12,14,21H,3-10H2,1-2H3,(H,22,24)(H,23,25);1H. The molecule has 8 heteroatoms. The van der Waals surface area contributed by atoms with Gasteiger partial charge in [0.2, 0.25) is 11.8 Å². The van der Waals surface area contributed by atoms with Gasteiger partial charge in [-0.25, -0.2) is 0 Å². The number of methoxy groups -OCH3 is 1. The van der Waals surface area contributed by atoms with Crippen LogP contribution in [0.1, 0.15) is 37.7 Å². The Bertz CT molecular complexity index is 635. The van der Waals surface area contributed by atoms with E-state index in [0.717, 1.165) is 37.9 Å². The topological polar surface area (TPSA) is 79.5 Å². The molecule has 0 saturated carbocycles. The number of carbonyl (C=O) groups excluding carboxylic acids is 2. The van der Waals surface area contributed by atoms with Crippen molar-refractivity contribution in [2.75, 3.05) is 32.1 Å². The Morgan fingerprint density at radius 3 is 2.59 bits per heavy atom. The van der Waals surface area contributed by atoms with Crippen LogP contribution in [0, 0.1) is 12.8 Å². The molecule has 0 unspecified atom stereocenters. The fourth-order valence-corrected chi connectivity index (χ4v) is 3.21. The molecule has 1 saturated heterocycles. The van der Waals surface area contributed by atoms with Gasteiger partial charge in [0, 0.05) is 30.5 Å². The van der Waals surface area contributed by atoms with Crippen molar-refractivity contribution in [2.24, 2.45) is 5.92 Å². The van der Waals surface area contributed by atoms with E-state index in [1.165, 1.54) is 7.11 Å². The van der Waals surface area contributed by atoms with Crippen LogP contribution in [0.3, 0.4) is 0 Å². The molecule has 1 heterocycles. The first-order valence-corrected chi connectivity index (χ1v) is 9.48. The van der Waals surface area contributed by atoms with Crippen LogP contribution in [0.2, 0.25) is 5.02 Å². The molecule has 0 aromatic heterocycles. The lowest BCUT2D eigenvalue weighted by atomic mass is 9.93. The number of aryl methyl sites for hydroxylation is 1. The summed E-state index contributed by atoms with van der Waals surface area (Å²) in [6, 6.07) is 3.45. The Hall–Kier alpha value is -1.50. The molecule has 0 aliphatic carbocycles. The van der Waals surface area contributed by atoms with Crippen LogP contribution in [0.25, 0.3) is 0 Å². The van der Waals surface area contributed by atoms with Crippen LogP contribution < -0.4 is 20.7 Å².